The Hall–Kier alpha value is -1.53. The van der Waals surface area contributed by atoms with E-state index in [0.29, 0.717) is 10.7 Å². The first-order chi connectivity index (χ1) is 8.97. The van der Waals surface area contributed by atoms with E-state index in [4.69, 9.17) is 11.6 Å². The van der Waals surface area contributed by atoms with Gasteiger partial charge >= 0.3 is 11.9 Å². The van der Waals surface area contributed by atoms with Crippen LogP contribution in [0.4, 0.5) is 5.69 Å². The molecule has 0 aliphatic rings. The van der Waals surface area contributed by atoms with Gasteiger partial charge in [-0.3, -0.25) is 0 Å². The zero-order valence-corrected chi connectivity index (χ0v) is 12.5. The monoisotopic (exact) mass is 347 g/mol. The number of carbonyl (C=O) groups is 2. The lowest BCUT2D eigenvalue weighted by Crippen LogP contribution is -2.15. The molecule has 0 spiro atoms. The molecule has 1 rings (SSSR count). The zero-order valence-electron chi connectivity index (χ0n) is 10.2. The smallest absolute Gasteiger partial charge is 0.354 e. The summed E-state index contributed by atoms with van der Waals surface area (Å²) in [5, 5.41) is 3.11. The second-order valence-electron chi connectivity index (χ2n) is 3.32. The molecule has 0 atom stereocenters. The fourth-order valence-corrected chi connectivity index (χ4v) is 1.89. The molecule has 1 N–H and O–H groups in total. The summed E-state index contributed by atoms with van der Waals surface area (Å²) in [6, 6.07) is 5.04. The van der Waals surface area contributed by atoms with Crippen LogP contribution in [0.3, 0.4) is 0 Å². The number of benzene rings is 1. The highest BCUT2D eigenvalue weighted by molar-refractivity contribution is 9.10. The Morgan fingerprint density at radius 3 is 2.53 bits per heavy atom. The van der Waals surface area contributed by atoms with Crippen LogP contribution in [0.15, 0.2) is 34.4 Å². The molecule has 0 bridgehead atoms. The van der Waals surface area contributed by atoms with Crippen LogP contribution in [0.25, 0.3) is 0 Å². The largest absolute Gasteiger partial charge is 0.466 e. The summed E-state index contributed by atoms with van der Waals surface area (Å²) in [7, 11) is 2.42. The van der Waals surface area contributed by atoms with E-state index in [9.17, 15) is 9.59 Å². The van der Waals surface area contributed by atoms with Crippen molar-refractivity contribution < 1.29 is 19.1 Å². The summed E-state index contributed by atoms with van der Waals surface area (Å²) in [6.45, 7) is 0. The number of hydrogen-bond donors (Lipinski definition) is 1. The van der Waals surface area contributed by atoms with Gasteiger partial charge in [-0.2, -0.15) is 0 Å². The van der Waals surface area contributed by atoms with Gasteiger partial charge in [-0.15, -0.1) is 0 Å². The number of ether oxygens (including phenoxy) is 2. The van der Waals surface area contributed by atoms with Gasteiger partial charge in [-0.25, -0.2) is 9.59 Å². The zero-order chi connectivity index (χ0) is 14.4. The van der Waals surface area contributed by atoms with E-state index in [0.717, 1.165) is 10.5 Å². The number of carbonyl (C=O) groups excluding carboxylic acids is 2. The van der Waals surface area contributed by atoms with E-state index in [1.165, 1.54) is 14.2 Å². The van der Waals surface area contributed by atoms with Crippen molar-refractivity contribution >= 4 is 45.2 Å². The Morgan fingerprint density at radius 1 is 1.32 bits per heavy atom. The minimum Gasteiger partial charge on any atom is -0.466 e. The molecule has 0 fully saturated rings. The minimum atomic E-state index is -0.704. The van der Waals surface area contributed by atoms with Gasteiger partial charge in [-0.05, 0) is 18.2 Å². The molecule has 0 heterocycles. The molecule has 0 aromatic heterocycles. The lowest BCUT2D eigenvalue weighted by atomic mass is 10.3. The summed E-state index contributed by atoms with van der Waals surface area (Å²) >= 11 is 9.27. The quantitative estimate of drug-likeness (QED) is 0.669. The molecule has 102 valence electrons. The first-order valence-corrected chi connectivity index (χ1v) is 6.25. The van der Waals surface area contributed by atoms with Gasteiger partial charge in [-0.1, -0.05) is 27.5 Å². The van der Waals surface area contributed by atoms with E-state index in [1.54, 1.807) is 18.2 Å². The van der Waals surface area contributed by atoms with Crippen LogP contribution >= 0.6 is 27.5 Å². The van der Waals surface area contributed by atoms with E-state index >= 15 is 0 Å². The summed E-state index contributed by atoms with van der Waals surface area (Å²) in [5.41, 5.74) is 0.393. The van der Waals surface area contributed by atoms with Crippen molar-refractivity contribution in [3.63, 3.8) is 0 Å². The number of anilines is 1. The van der Waals surface area contributed by atoms with Crippen LogP contribution in [-0.2, 0) is 19.1 Å². The molecule has 0 aliphatic heterocycles. The molecule has 19 heavy (non-hydrogen) atoms. The third-order valence-corrected chi connectivity index (χ3v) is 2.88. The van der Waals surface area contributed by atoms with Gasteiger partial charge in [0.2, 0.25) is 0 Å². The Morgan fingerprint density at radius 2 is 2.00 bits per heavy atom. The molecule has 0 aliphatic carbocycles. The molecule has 0 saturated heterocycles. The fourth-order valence-electron chi connectivity index (χ4n) is 1.17. The fraction of sp³-hybridized carbons (Fsp3) is 0.167. The first kappa shape index (κ1) is 15.5. The normalized spacial score (nSPS) is 10.8. The summed E-state index contributed by atoms with van der Waals surface area (Å²) in [6.07, 6.45) is 0.990. The molecule has 5 nitrogen and oxygen atoms in total. The molecular weight excluding hydrogens is 337 g/mol. The van der Waals surface area contributed by atoms with Gasteiger partial charge in [0.05, 0.1) is 31.0 Å². The molecule has 0 radical (unpaired) electrons. The summed E-state index contributed by atoms with van der Waals surface area (Å²) in [4.78, 5) is 22.7. The second kappa shape index (κ2) is 7.16. The number of rotatable bonds is 4. The molecule has 7 heteroatoms. The Balaban J connectivity index is 3.04. The van der Waals surface area contributed by atoms with Crippen molar-refractivity contribution in [3.05, 3.63) is 39.5 Å². The third kappa shape index (κ3) is 4.57. The van der Waals surface area contributed by atoms with Crippen molar-refractivity contribution in [1.29, 1.82) is 0 Å². The number of methoxy groups -OCH3 is 2. The van der Waals surface area contributed by atoms with Crippen molar-refractivity contribution in [3.8, 4) is 0 Å². The molecule has 0 unspecified atom stereocenters. The Labute approximate surface area is 123 Å². The number of halogens is 2. The van der Waals surface area contributed by atoms with Crippen LogP contribution < -0.4 is 5.32 Å². The second-order valence-corrected chi connectivity index (χ2v) is 4.64. The first-order valence-electron chi connectivity index (χ1n) is 5.08. The summed E-state index contributed by atoms with van der Waals surface area (Å²) < 4.78 is 9.81. The van der Waals surface area contributed by atoms with Gasteiger partial charge in [0.25, 0.3) is 0 Å². The highest BCUT2D eigenvalue weighted by atomic mass is 79.9. The van der Waals surface area contributed by atoms with Crippen LogP contribution in [0, 0.1) is 0 Å². The molecular formula is C12H11BrClNO4. The minimum absolute atomic E-state index is 0.0708. The van der Waals surface area contributed by atoms with Crippen molar-refractivity contribution in [1.82, 2.24) is 0 Å². The molecule has 0 amide bonds. The lowest BCUT2D eigenvalue weighted by Gasteiger charge is -2.10. The predicted molar refractivity (Wildman–Crippen MR) is 74.9 cm³/mol. The van der Waals surface area contributed by atoms with Gasteiger partial charge in [0.1, 0.15) is 5.70 Å². The van der Waals surface area contributed by atoms with Gasteiger partial charge in [0, 0.05) is 4.47 Å². The Kier molecular flexibility index (Phi) is 5.85. The van der Waals surface area contributed by atoms with Crippen LogP contribution in [0.2, 0.25) is 5.02 Å². The standard InChI is InChI=1S/C12H11BrClNO4/c1-18-11(16)6-10(12(17)19-2)15-9-4-3-7(13)5-8(9)14/h3-6,15H,1-2H3/b10-6+. The highest BCUT2D eigenvalue weighted by Gasteiger charge is 2.14. The predicted octanol–water partition coefficient (Wildman–Crippen LogP) is 2.74. The van der Waals surface area contributed by atoms with Gasteiger partial charge < -0.3 is 14.8 Å². The van der Waals surface area contributed by atoms with Crippen molar-refractivity contribution in [2.75, 3.05) is 19.5 Å². The van der Waals surface area contributed by atoms with Crippen LogP contribution in [-0.4, -0.2) is 26.2 Å². The van der Waals surface area contributed by atoms with E-state index in [-0.39, 0.29) is 5.70 Å². The maximum absolute atomic E-state index is 11.5. The van der Waals surface area contributed by atoms with Crippen LogP contribution in [0.1, 0.15) is 0 Å². The van der Waals surface area contributed by atoms with E-state index in [2.05, 4.69) is 30.7 Å². The molecule has 0 saturated carbocycles. The van der Waals surface area contributed by atoms with E-state index < -0.39 is 11.9 Å². The Bertz CT molecular complexity index is 530. The van der Waals surface area contributed by atoms with Gasteiger partial charge in [0.15, 0.2) is 0 Å². The number of hydrogen-bond acceptors (Lipinski definition) is 5. The van der Waals surface area contributed by atoms with Crippen LogP contribution in [0.5, 0.6) is 0 Å². The molecule has 1 aromatic rings. The molecule has 1 aromatic carbocycles. The number of nitrogens with one attached hydrogen (secondary N) is 1. The highest BCUT2D eigenvalue weighted by Crippen LogP contribution is 2.26. The third-order valence-electron chi connectivity index (χ3n) is 2.07. The lowest BCUT2D eigenvalue weighted by molar-refractivity contribution is -0.138. The summed E-state index contributed by atoms with van der Waals surface area (Å²) in [5.74, 6) is -1.38. The SMILES string of the molecule is COC(=O)/C=C(/Nc1ccc(Br)cc1Cl)C(=O)OC. The van der Waals surface area contributed by atoms with E-state index in [1.807, 2.05) is 0 Å². The average Bonchev–Trinajstić information content (AvgIpc) is 2.39. The average molecular weight is 349 g/mol. The maximum atomic E-state index is 11.5. The topological polar surface area (TPSA) is 64.6 Å². The maximum Gasteiger partial charge on any atom is 0.354 e. The van der Waals surface area contributed by atoms with Crippen molar-refractivity contribution in [2.45, 2.75) is 0 Å². The van der Waals surface area contributed by atoms with Crippen molar-refractivity contribution in [2.24, 2.45) is 0 Å². The number of esters is 2.